The summed E-state index contributed by atoms with van der Waals surface area (Å²) in [6.07, 6.45) is 10.4. The zero-order valence-corrected chi connectivity index (χ0v) is 14.0. The number of likely N-dealkylation sites (tertiary alicyclic amines) is 1. The molecule has 24 heavy (non-hydrogen) atoms. The molecular weight excluding hydrogens is 296 g/mol. The molecule has 3 heterocycles. The Labute approximate surface area is 142 Å². The molecule has 0 spiro atoms. The first-order valence-electron chi connectivity index (χ1n) is 9.20. The minimum atomic E-state index is 0.599. The van der Waals surface area contributed by atoms with E-state index in [-0.39, 0.29) is 0 Å². The summed E-state index contributed by atoms with van der Waals surface area (Å²) in [5.74, 6) is 0. The first-order valence-corrected chi connectivity index (χ1v) is 9.20. The maximum atomic E-state index is 4.68. The van der Waals surface area contributed by atoms with E-state index >= 15 is 0 Å². The highest BCUT2D eigenvalue weighted by Gasteiger charge is 2.27. The van der Waals surface area contributed by atoms with E-state index in [0.29, 0.717) is 6.04 Å². The Balaban J connectivity index is 1.34. The van der Waals surface area contributed by atoms with Gasteiger partial charge in [-0.25, -0.2) is 4.98 Å². The number of aromatic nitrogens is 3. The summed E-state index contributed by atoms with van der Waals surface area (Å²) in [5.41, 5.74) is 5.57. The zero-order chi connectivity index (χ0) is 15.9. The lowest BCUT2D eigenvalue weighted by Crippen LogP contribution is -2.22. The van der Waals surface area contributed by atoms with Gasteiger partial charge in [-0.05, 0) is 49.1 Å². The molecule has 1 aromatic carbocycles. The van der Waals surface area contributed by atoms with Gasteiger partial charge in [-0.2, -0.15) is 0 Å². The van der Waals surface area contributed by atoms with Gasteiger partial charge in [-0.3, -0.25) is 4.90 Å². The molecule has 4 nitrogen and oxygen atoms in total. The molecule has 2 aliphatic rings. The van der Waals surface area contributed by atoms with E-state index < -0.39 is 0 Å². The molecule has 124 valence electrons. The van der Waals surface area contributed by atoms with Crippen molar-refractivity contribution in [1.29, 1.82) is 0 Å². The number of para-hydroxylation sites is 1. The van der Waals surface area contributed by atoms with Gasteiger partial charge < -0.3 is 9.55 Å². The van der Waals surface area contributed by atoms with Crippen molar-refractivity contribution < 1.29 is 0 Å². The van der Waals surface area contributed by atoms with Crippen molar-refractivity contribution in [3.8, 4) is 0 Å². The van der Waals surface area contributed by atoms with Crippen molar-refractivity contribution in [3.63, 3.8) is 0 Å². The van der Waals surface area contributed by atoms with E-state index in [2.05, 4.69) is 50.0 Å². The summed E-state index contributed by atoms with van der Waals surface area (Å²) in [4.78, 5) is 10.7. The molecule has 2 aromatic heterocycles. The molecule has 5 rings (SSSR count). The summed E-state index contributed by atoms with van der Waals surface area (Å²) in [7, 11) is 0. The van der Waals surface area contributed by atoms with Crippen LogP contribution in [0.3, 0.4) is 0 Å². The molecule has 0 amide bonds. The number of fused-ring (bicyclic) bond motifs is 2. The van der Waals surface area contributed by atoms with E-state index in [1.807, 2.05) is 6.20 Å². The van der Waals surface area contributed by atoms with Crippen LogP contribution in [0.15, 0.2) is 36.8 Å². The van der Waals surface area contributed by atoms with Crippen LogP contribution in [0.5, 0.6) is 0 Å². The number of aromatic amines is 1. The minimum Gasteiger partial charge on any atom is -0.361 e. The average molecular weight is 320 g/mol. The van der Waals surface area contributed by atoms with Crippen molar-refractivity contribution in [3.05, 3.63) is 53.7 Å². The van der Waals surface area contributed by atoms with Gasteiger partial charge in [0.25, 0.3) is 0 Å². The normalized spacial score (nSPS) is 21.4. The van der Waals surface area contributed by atoms with Gasteiger partial charge in [-0.15, -0.1) is 0 Å². The maximum Gasteiger partial charge on any atom is 0.0954 e. The first kappa shape index (κ1) is 14.3. The van der Waals surface area contributed by atoms with Crippen LogP contribution in [0.1, 0.15) is 42.3 Å². The topological polar surface area (TPSA) is 36.9 Å². The van der Waals surface area contributed by atoms with Crippen LogP contribution < -0.4 is 0 Å². The lowest BCUT2D eigenvalue weighted by molar-refractivity contribution is 0.315. The van der Waals surface area contributed by atoms with Crippen LogP contribution in [0, 0.1) is 0 Å². The van der Waals surface area contributed by atoms with E-state index in [4.69, 9.17) is 0 Å². The van der Waals surface area contributed by atoms with Gasteiger partial charge in [-0.1, -0.05) is 18.2 Å². The number of rotatable bonds is 3. The number of nitrogens with one attached hydrogen (secondary N) is 1. The molecule has 3 aromatic rings. The Morgan fingerprint density at radius 1 is 1.17 bits per heavy atom. The fraction of sp³-hybridized carbons (Fsp3) is 0.450. The Bertz CT molecular complexity index is 860. The fourth-order valence-corrected chi connectivity index (χ4v) is 4.51. The summed E-state index contributed by atoms with van der Waals surface area (Å²) in [5, 5.41) is 1.31. The molecular formula is C20H24N4. The lowest BCUT2D eigenvalue weighted by atomic mass is 10.0. The van der Waals surface area contributed by atoms with Gasteiger partial charge in [0.1, 0.15) is 0 Å². The predicted octanol–water partition coefficient (Wildman–Crippen LogP) is 3.69. The minimum absolute atomic E-state index is 0.599. The Morgan fingerprint density at radius 3 is 3.12 bits per heavy atom. The van der Waals surface area contributed by atoms with Crippen molar-refractivity contribution >= 4 is 10.9 Å². The number of H-pyrrole nitrogens is 1. The quantitative estimate of drug-likeness (QED) is 0.799. The van der Waals surface area contributed by atoms with Crippen molar-refractivity contribution in [1.82, 2.24) is 19.4 Å². The standard InChI is InChI=1S/C20H24N4/c1-2-7-19-18(6-1)22-14-24(19)17-9-11-23(13-17)12-16-5-3-4-15-8-10-21-20(15)16/h3-5,8,10,14,17,21H,1-2,6-7,9,11-13H2. The van der Waals surface area contributed by atoms with Gasteiger partial charge in [0.2, 0.25) is 0 Å². The largest absolute Gasteiger partial charge is 0.361 e. The Hall–Kier alpha value is -2.07. The maximum absolute atomic E-state index is 4.68. The molecule has 1 fully saturated rings. The SMILES string of the molecule is c1cc(CN2CCC(n3cnc4c3CCCC4)C2)c2[nH]ccc2c1. The van der Waals surface area contributed by atoms with Crippen LogP contribution in [0.4, 0.5) is 0 Å². The number of hydrogen-bond donors (Lipinski definition) is 1. The smallest absolute Gasteiger partial charge is 0.0954 e. The molecule has 1 aliphatic carbocycles. The van der Waals surface area contributed by atoms with Crippen molar-refractivity contribution in [2.75, 3.05) is 13.1 Å². The third kappa shape index (κ3) is 2.37. The lowest BCUT2D eigenvalue weighted by Gasteiger charge is -2.20. The second-order valence-electron chi connectivity index (χ2n) is 7.29. The van der Waals surface area contributed by atoms with Crippen LogP contribution in [0.2, 0.25) is 0 Å². The summed E-state index contributed by atoms with van der Waals surface area (Å²) in [6.45, 7) is 3.35. The van der Waals surface area contributed by atoms with Crippen molar-refractivity contribution in [2.45, 2.75) is 44.7 Å². The van der Waals surface area contributed by atoms with Gasteiger partial charge in [0.05, 0.1) is 12.0 Å². The highest BCUT2D eigenvalue weighted by Crippen LogP contribution is 2.29. The highest BCUT2D eigenvalue weighted by atomic mass is 15.2. The van der Waals surface area contributed by atoms with Crippen molar-refractivity contribution in [2.24, 2.45) is 0 Å². The summed E-state index contributed by atoms with van der Waals surface area (Å²) in [6, 6.07) is 9.36. The third-order valence-corrected chi connectivity index (χ3v) is 5.77. The number of hydrogen-bond acceptors (Lipinski definition) is 2. The number of nitrogens with zero attached hydrogens (tertiary/aromatic N) is 3. The van der Waals surface area contributed by atoms with Gasteiger partial charge >= 0.3 is 0 Å². The average Bonchev–Trinajstić information content (AvgIpc) is 3.34. The number of benzene rings is 1. The van der Waals surface area contributed by atoms with E-state index in [1.165, 1.54) is 66.5 Å². The second kappa shape index (κ2) is 5.78. The van der Waals surface area contributed by atoms with E-state index in [9.17, 15) is 0 Å². The molecule has 4 heteroatoms. The molecule has 1 N–H and O–H groups in total. The molecule has 0 bridgehead atoms. The van der Waals surface area contributed by atoms with Gasteiger partial charge in [0.15, 0.2) is 0 Å². The van der Waals surface area contributed by atoms with E-state index in [1.54, 1.807) is 0 Å². The Kier molecular flexibility index (Phi) is 3.44. The number of aryl methyl sites for hydroxylation is 1. The third-order valence-electron chi connectivity index (χ3n) is 5.77. The van der Waals surface area contributed by atoms with Crippen LogP contribution in [-0.4, -0.2) is 32.5 Å². The summed E-state index contributed by atoms with van der Waals surface area (Å²) >= 11 is 0. The molecule has 1 aliphatic heterocycles. The Morgan fingerprint density at radius 2 is 2.12 bits per heavy atom. The molecule has 1 unspecified atom stereocenters. The predicted molar refractivity (Wildman–Crippen MR) is 96.1 cm³/mol. The second-order valence-corrected chi connectivity index (χ2v) is 7.29. The van der Waals surface area contributed by atoms with Crippen LogP contribution >= 0.6 is 0 Å². The van der Waals surface area contributed by atoms with Crippen LogP contribution in [0.25, 0.3) is 10.9 Å². The zero-order valence-electron chi connectivity index (χ0n) is 14.0. The monoisotopic (exact) mass is 320 g/mol. The van der Waals surface area contributed by atoms with Gasteiger partial charge in [0, 0.05) is 43.1 Å². The molecule has 0 radical (unpaired) electrons. The summed E-state index contributed by atoms with van der Waals surface area (Å²) < 4.78 is 2.49. The molecule has 1 saturated heterocycles. The highest BCUT2D eigenvalue weighted by molar-refractivity contribution is 5.82. The molecule has 0 saturated carbocycles. The first-order chi connectivity index (χ1) is 11.9. The fourth-order valence-electron chi connectivity index (χ4n) is 4.51. The molecule has 1 atom stereocenters. The van der Waals surface area contributed by atoms with Crippen LogP contribution in [-0.2, 0) is 19.4 Å². The van der Waals surface area contributed by atoms with E-state index in [0.717, 1.165) is 13.1 Å². The number of imidazole rings is 1.